The van der Waals surface area contributed by atoms with E-state index >= 15 is 0 Å². The lowest BCUT2D eigenvalue weighted by atomic mass is 9.84. The van der Waals surface area contributed by atoms with Gasteiger partial charge in [0.1, 0.15) is 0 Å². The Morgan fingerprint density at radius 3 is 2.29 bits per heavy atom. The summed E-state index contributed by atoms with van der Waals surface area (Å²) in [5, 5.41) is 26.4. The Labute approximate surface area is 81.1 Å². The smallest absolute Gasteiger partial charge is 0.323 e. The summed E-state index contributed by atoms with van der Waals surface area (Å²) in [6, 6.07) is 0. The highest BCUT2D eigenvalue weighted by Gasteiger charge is 2.44. The van der Waals surface area contributed by atoms with Crippen molar-refractivity contribution in [1.82, 2.24) is 0 Å². The van der Waals surface area contributed by atoms with Crippen LogP contribution in [0.1, 0.15) is 13.3 Å². The molecular weight excluding hydrogens is 192 g/mol. The summed E-state index contributed by atoms with van der Waals surface area (Å²) < 4.78 is 4.31. The van der Waals surface area contributed by atoms with E-state index in [9.17, 15) is 9.59 Å². The highest BCUT2D eigenvalue weighted by molar-refractivity contribution is 5.98. The molecule has 14 heavy (non-hydrogen) atoms. The van der Waals surface area contributed by atoms with Crippen LogP contribution in [0.25, 0.3) is 0 Å². The van der Waals surface area contributed by atoms with Gasteiger partial charge in [0.15, 0.2) is 5.41 Å². The average molecular weight is 206 g/mol. The molecule has 82 valence electrons. The molecule has 0 aliphatic heterocycles. The number of rotatable bonds is 5. The standard InChI is InChI=1S/C8H14O6/c1-8(6(11)12,7(13)14-2)3-5(10)4-9/h5,9-10H,3-4H2,1-2H3,(H,11,12). The first-order valence-corrected chi connectivity index (χ1v) is 3.99. The van der Waals surface area contributed by atoms with Crippen LogP contribution in [0.3, 0.4) is 0 Å². The predicted octanol–water partition coefficient (Wildman–Crippen LogP) is -1.01. The van der Waals surface area contributed by atoms with Crippen molar-refractivity contribution in [2.24, 2.45) is 5.41 Å². The van der Waals surface area contributed by atoms with Crippen molar-refractivity contribution in [3.05, 3.63) is 0 Å². The Bertz CT molecular complexity index is 226. The maximum Gasteiger partial charge on any atom is 0.323 e. The van der Waals surface area contributed by atoms with Crippen LogP contribution in [0.4, 0.5) is 0 Å². The molecule has 0 aliphatic rings. The van der Waals surface area contributed by atoms with Gasteiger partial charge in [-0.15, -0.1) is 0 Å². The molecule has 3 N–H and O–H groups in total. The lowest BCUT2D eigenvalue weighted by Gasteiger charge is -2.23. The van der Waals surface area contributed by atoms with Gasteiger partial charge in [0.25, 0.3) is 0 Å². The molecule has 0 amide bonds. The fourth-order valence-corrected chi connectivity index (χ4v) is 1.02. The van der Waals surface area contributed by atoms with Crippen LogP contribution in [-0.2, 0) is 14.3 Å². The number of esters is 1. The third-order valence-corrected chi connectivity index (χ3v) is 1.96. The van der Waals surface area contributed by atoms with Crippen LogP contribution in [0.15, 0.2) is 0 Å². The highest BCUT2D eigenvalue weighted by atomic mass is 16.5. The second-order valence-electron chi connectivity index (χ2n) is 3.17. The molecule has 0 aromatic heterocycles. The molecule has 2 unspecified atom stereocenters. The van der Waals surface area contributed by atoms with Gasteiger partial charge in [-0.3, -0.25) is 9.59 Å². The van der Waals surface area contributed by atoms with Crippen molar-refractivity contribution in [3.63, 3.8) is 0 Å². The fourth-order valence-electron chi connectivity index (χ4n) is 1.02. The normalized spacial score (nSPS) is 16.9. The lowest BCUT2D eigenvalue weighted by molar-refractivity contribution is -0.168. The van der Waals surface area contributed by atoms with E-state index in [-0.39, 0.29) is 6.42 Å². The van der Waals surface area contributed by atoms with Gasteiger partial charge in [-0.2, -0.15) is 0 Å². The summed E-state index contributed by atoms with van der Waals surface area (Å²) in [5.74, 6) is -2.34. The number of hydrogen-bond donors (Lipinski definition) is 3. The van der Waals surface area contributed by atoms with Gasteiger partial charge in [-0.05, 0) is 6.92 Å². The average Bonchev–Trinajstić information content (AvgIpc) is 2.15. The Kier molecular flexibility index (Phi) is 4.52. The SMILES string of the molecule is COC(=O)C(C)(CC(O)CO)C(=O)O. The molecule has 0 spiro atoms. The predicted molar refractivity (Wildman–Crippen MR) is 45.5 cm³/mol. The maximum atomic E-state index is 11.1. The Morgan fingerprint density at radius 2 is 2.00 bits per heavy atom. The van der Waals surface area contributed by atoms with Gasteiger partial charge < -0.3 is 20.1 Å². The summed E-state index contributed by atoms with van der Waals surface area (Å²) in [4.78, 5) is 21.9. The zero-order valence-electron chi connectivity index (χ0n) is 8.06. The highest BCUT2D eigenvalue weighted by Crippen LogP contribution is 2.25. The third kappa shape index (κ3) is 2.68. The van der Waals surface area contributed by atoms with E-state index in [1.165, 1.54) is 0 Å². The largest absolute Gasteiger partial charge is 0.480 e. The number of aliphatic hydroxyl groups is 2. The quantitative estimate of drug-likeness (QED) is 0.393. The summed E-state index contributed by atoms with van der Waals surface area (Å²) in [5.41, 5.74) is -1.82. The maximum absolute atomic E-state index is 11.1. The van der Waals surface area contributed by atoms with Gasteiger partial charge in [0.05, 0.1) is 19.8 Å². The molecule has 0 aromatic rings. The van der Waals surface area contributed by atoms with Crippen LogP contribution in [-0.4, -0.2) is 47.1 Å². The van der Waals surface area contributed by atoms with E-state index < -0.39 is 30.1 Å². The molecule has 6 nitrogen and oxygen atoms in total. The van der Waals surface area contributed by atoms with Crippen molar-refractivity contribution >= 4 is 11.9 Å². The molecule has 0 aromatic carbocycles. The molecule has 0 radical (unpaired) electrons. The number of aliphatic carboxylic acids is 1. The Balaban J connectivity index is 4.73. The monoisotopic (exact) mass is 206 g/mol. The molecule has 0 fully saturated rings. The molecule has 0 saturated carbocycles. The molecule has 0 aliphatic carbocycles. The van der Waals surface area contributed by atoms with Crippen LogP contribution in [0, 0.1) is 5.41 Å². The minimum Gasteiger partial charge on any atom is -0.480 e. The summed E-state index contributed by atoms with van der Waals surface area (Å²) in [6.45, 7) is 0.542. The van der Waals surface area contributed by atoms with Gasteiger partial charge >= 0.3 is 11.9 Å². The number of carboxylic acids is 1. The summed E-state index contributed by atoms with van der Waals surface area (Å²) in [6.07, 6.45) is -1.64. The number of methoxy groups -OCH3 is 1. The lowest BCUT2D eigenvalue weighted by Crippen LogP contribution is -2.41. The number of aliphatic hydroxyl groups excluding tert-OH is 2. The van der Waals surface area contributed by atoms with E-state index in [0.29, 0.717) is 0 Å². The fraction of sp³-hybridized carbons (Fsp3) is 0.750. The van der Waals surface area contributed by atoms with E-state index in [4.69, 9.17) is 15.3 Å². The minimum absolute atomic E-state index is 0.383. The molecule has 6 heteroatoms. The second kappa shape index (κ2) is 4.92. The second-order valence-corrected chi connectivity index (χ2v) is 3.17. The van der Waals surface area contributed by atoms with Crippen LogP contribution in [0.5, 0.6) is 0 Å². The number of ether oxygens (including phenoxy) is 1. The van der Waals surface area contributed by atoms with Gasteiger partial charge in [-0.1, -0.05) is 0 Å². The Morgan fingerprint density at radius 1 is 1.50 bits per heavy atom. The first kappa shape index (κ1) is 12.9. The molecule has 2 atom stereocenters. The molecule has 0 heterocycles. The minimum atomic E-state index is -1.82. The number of carbonyl (C=O) groups is 2. The molecule has 0 saturated heterocycles. The zero-order chi connectivity index (χ0) is 11.4. The van der Waals surface area contributed by atoms with Crippen molar-refractivity contribution in [1.29, 1.82) is 0 Å². The topological polar surface area (TPSA) is 104 Å². The van der Waals surface area contributed by atoms with E-state index in [0.717, 1.165) is 14.0 Å². The van der Waals surface area contributed by atoms with Crippen LogP contribution in [0.2, 0.25) is 0 Å². The number of carbonyl (C=O) groups excluding carboxylic acids is 1. The number of carboxylic acid groups (broad SMARTS) is 1. The van der Waals surface area contributed by atoms with Crippen LogP contribution < -0.4 is 0 Å². The first-order valence-electron chi connectivity index (χ1n) is 3.99. The first-order chi connectivity index (χ1) is 6.38. The van der Waals surface area contributed by atoms with Crippen LogP contribution >= 0.6 is 0 Å². The van der Waals surface area contributed by atoms with E-state index in [1.54, 1.807) is 0 Å². The van der Waals surface area contributed by atoms with Crippen molar-refractivity contribution < 1.29 is 29.6 Å². The number of hydrogen-bond acceptors (Lipinski definition) is 5. The van der Waals surface area contributed by atoms with Gasteiger partial charge in [0, 0.05) is 6.42 Å². The summed E-state index contributed by atoms with van der Waals surface area (Å²) >= 11 is 0. The van der Waals surface area contributed by atoms with Gasteiger partial charge in [-0.25, -0.2) is 0 Å². The van der Waals surface area contributed by atoms with Crippen molar-refractivity contribution in [2.45, 2.75) is 19.4 Å². The molecule has 0 bridgehead atoms. The summed E-state index contributed by atoms with van der Waals surface area (Å²) in [7, 11) is 1.06. The molecular formula is C8H14O6. The van der Waals surface area contributed by atoms with Crippen molar-refractivity contribution in [3.8, 4) is 0 Å². The van der Waals surface area contributed by atoms with Crippen molar-refractivity contribution in [2.75, 3.05) is 13.7 Å². The van der Waals surface area contributed by atoms with E-state index in [2.05, 4.69) is 4.74 Å². The van der Waals surface area contributed by atoms with Gasteiger partial charge in [0.2, 0.25) is 0 Å². The third-order valence-electron chi connectivity index (χ3n) is 1.96. The zero-order valence-corrected chi connectivity index (χ0v) is 8.06. The van der Waals surface area contributed by atoms with E-state index in [1.807, 2.05) is 0 Å². The Hall–Kier alpha value is -1.14. The molecule has 0 rings (SSSR count).